The molecule has 1 saturated heterocycles. The summed E-state index contributed by atoms with van der Waals surface area (Å²) in [6.45, 7) is 6.07. The molecule has 0 unspecified atom stereocenters. The van der Waals surface area contributed by atoms with Crippen molar-refractivity contribution in [3.8, 4) is 0 Å². The first-order valence-electron chi connectivity index (χ1n) is 9.30. The third-order valence-electron chi connectivity index (χ3n) is 4.97. The Kier molecular flexibility index (Phi) is 7.34. The molecule has 4 N–H and O–H groups in total. The number of rotatable bonds is 8. The predicted molar refractivity (Wildman–Crippen MR) is 103 cm³/mol. The minimum atomic E-state index is -3.57. The summed E-state index contributed by atoms with van der Waals surface area (Å²) in [5.74, 6) is -0.552. The molecule has 0 aromatic heterocycles. The minimum Gasteiger partial charge on any atom is -0.369 e. The van der Waals surface area contributed by atoms with Crippen molar-refractivity contribution in [2.45, 2.75) is 31.6 Å². The van der Waals surface area contributed by atoms with Gasteiger partial charge in [0.1, 0.15) is 0 Å². The zero-order valence-electron chi connectivity index (χ0n) is 15.9. The maximum Gasteiger partial charge on any atom is 0.279 e. The smallest absolute Gasteiger partial charge is 0.279 e. The molecule has 0 radical (unpaired) electrons. The molecule has 27 heavy (non-hydrogen) atoms. The van der Waals surface area contributed by atoms with E-state index >= 15 is 0 Å². The van der Waals surface area contributed by atoms with Crippen LogP contribution in [0.4, 0.5) is 5.69 Å². The summed E-state index contributed by atoms with van der Waals surface area (Å²) < 4.78 is 26.6. The van der Waals surface area contributed by atoms with Gasteiger partial charge in [-0.05, 0) is 18.2 Å². The van der Waals surface area contributed by atoms with Crippen molar-refractivity contribution in [3.05, 3.63) is 24.3 Å². The van der Waals surface area contributed by atoms with E-state index in [1.165, 1.54) is 16.4 Å². The number of nitrogens with two attached hydrogens (primary N) is 1. The molecule has 1 fully saturated rings. The summed E-state index contributed by atoms with van der Waals surface area (Å²) in [6.07, 6.45) is 1.38. The van der Waals surface area contributed by atoms with Gasteiger partial charge in [-0.15, -0.1) is 0 Å². The number of anilines is 1. The Morgan fingerprint density at radius 2 is 1.85 bits per heavy atom. The normalized spacial score (nSPS) is 20.4. The van der Waals surface area contributed by atoms with Gasteiger partial charge in [0.15, 0.2) is 6.54 Å². The highest BCUT2D eigenvalue weighted by molar-refractivity contribution is 7.89. The molecule has 0 aliphatic carbocycles. The Labute approximate surface area is 160 Å². The van der Waals surface area contributed by atoms with Crippen molar-refractivity contribution in [2.24, 2.45) is 11.7 Å². The fourth-order valence-corrected chi connectivity index (χ4v) is 4.87. The predicted octanol–water partition coefficient (Wildman–Crippen LogP) is -0.564. The number of likely N-dealkylation sites (tertiary alicyclic amines) is 1. The maximum atomic E-state index is 12.6. The fraction of sp³-hybridized carbons (Fsp3) is 0.556. The second-order valence-corrected chi connectivity index (χ2v) is 8.71. The second kappa shape index (κ2) is 9.29. The van der Waals surface area contributed by atoms with E-state index in [2.05, 4.69) is 5.32 Å². The molecule has 1 aromatic rings. The quantitative estimate of drug-likeness (QED) is 0.545. The number of primary amides is 1. The average molecular weight is 398 g/mol. The first-order valence-corrected chi connectivity index (χ1v) is 10.7. The Hall–Kier alpha value is -1.97. The third kappa shape index (κ3) is 5.50. The van der Waals surface area contributed by atoms with E-state index in [0.29, 0.717) is 31.6 Å². The Balaban J connectivity index is 1.98. The van der Waals surface area contributed by atoms with Gasteiger partial charge in [0.05, 0.1) is 18.0 Å². The molecule has 2 amide bonds. The second-order valence-electron chi connectivity index (χ2n) is 6.77. The van der Waals surface area contributed by atoms with E-state index in [1.807, 2.05) is 0 Å². The summed E-state index contributed by atoms with van der Waals surface area (Å²) in [7, 11) is -3.57. The molecule has 1 aliphatic rings. The number of nitrogens with zero attached hydrogens (tertiary/aromatic N) is 1. The Morgan fingerprint density at radius 3 is 2.41 bits per heavy atom. The van der Waals surface area contributed by atoms with Crippen LogP contribution in [-0.4, -0.2) is 57.3 Å². The van der Waals surface area contributed by atoms with Crippen molar-refractivity contribution < 1.29 is 22.9 Å². The number of carbonyl (C=O) groups excluding carboxylic acids is 2. The summed E-state index contributed by atoms with van der Waals surface area (Å²) >= 11 is 0. The van der Waals surface area contributed by atoms with Crippen LogP contribution in [0.15, 0.2) is 29.2 Å². The van der Waals surface area contributed by atoms with Crippen molar-refractivity contribution in [1.29, 1.82) is 0 Å². The Bertz CT molecular complexity index is 769. The number of sulfonamides is 1. The van der Waals surface area contributed by atoms with E-state index in [1.54, 1.807) is 26.0 Å². The van der Waals surface area contributed by atoms with Crippen LogP contribution in [0.1, 0.15) is 26.7 Å². The van der Waals surface area contributed by atoms with Crippen LogP contribution in [-0.2, 0) is 19.6 Å². The van der Waals surface area contributed by atoms with Crippen LogP contribution >= 0.6 is 0 Å². The SMILES string of the molecule is CCN(CC)S(=O)(=O)c1cccc(NC(=O)C[NH+]2CCC(C(N)=O)CC2)c1. The highest BCUT2D eigenvalue weighted by Gasteiger charge is 2.27. The molecule has 8 nitrogen and oxygen atoms in total. The largest absolute Gasteiger partial charge is 0.369 e. The van der Waals surface area contributed by atoms with Gasteiger partial charge in [0.2, 0.25) is 15.9 Å². The van der Waals surface area contributed by atoms with Crippen LogP contribution in [0.3, 0.4) is 0 Å². The molecule has 2 rings (SSSR count). The first kappa shape index (κ1) is 21.3. The molecule has 0 spiro atoms. The standard InChI is InChI=1S/C18H28N4O4S/c1-3-22(4-2)27(25,26)16-7-5-6-15(12-16)20-17(23)13-21-10-8-14(9-11-21)18(19)24/h5-7,12,14H,3-4,8-11,13H2,1-2H3,(H2,19,24)(H,20,23)/p+1. The monoisotopic (exact) mass is 397 g/mol. The number of quaternary nitrogens is 1. The van der Waals surface area contributed by atoms with E-state index < -0.39 is 10.0 Å². The molecule has 150 valence electrons. The zero-order chi connectivity index (χ0) is 20.0. The third-order valence-corrected chi connectivity index (χ3v) is 7.01. The van der Waals surface area contributed by atoms with Gasteiger partial charge in [-0.1, -0.05) is 19.9 Å². The molecule has 1 aromatic carbocycles. The Morgan fingerprint density at radius 1 is 1.22 bits per heavy atom. The maximum absolute atomic E-state index is 12.6. The fourth-order valence-electron chi connectivity index (χ4n) is 3.37. The molecule has 0 saturated carbocycles. The van der Waals surface area contributed by atoms with Crippen molar-refractivity contribution in [2.75, 3.05) is 38.0 Å². The minimum absolute atomic E-state index is 0.0984. The lowest BCUT2D eigenvalue weighted by atomic mass is 9.96. The number of amides is 2. The summed E-state index contributed by atoms with van der Waals surface area (Å²) in [6, 6.07) is 6.31. The van der Waals surface area contributed by atoms with Crippen LogP contribution in [0, 0.1) is 5.92 Å². The number of nitrogens with one attached hydrogen (secondary N) is 2. The number of hydrogen-bond acceptors (Lipinski definition) is 4. The van der Waals surface area contributed by atoms with E-state index in [9.17, 15) is 18.0 Å². The van der Waals surface area contributed by atoms with Crippen LogP contribution in [0.5, 0.6) is 0 Å². The van der Waals surface area contributed by atoms with E-state index in [4.69, 9.17) is 5.73 Å². The highest BCUT2D eigenvalue weighted by atomic mass is 32.2. The van der Waals surface area contributed by atoms with Gasteiger partial charge in [0, 0.05) is 37.5 Å². The summed E-state index contributed by atoms with van der Waals surface area (Å²) in [4.78, 5) is 24.8. The van der Waals surface area contributed by atoms with Crippen LogP contribution in [0.25, 0.3) is 0 Å². The molecule has 0 atom stereocenters. The van der Waals surface area contributed by atoms with Gasteiger partial charge >= 0.3 is 0 Å². The topological polar surface area (TPSA) is 114 Å². The molecular formula is C18H29N4O4S+. The first-order chi connectivity index (χ1) is 12.8. The van der Waals surface area contributed by atoms with E-state index in [0.717, 1.165) is 18.0 Å². The zero-order valence-corrected chi connectivity index (χ0v) is 16.7. The molecule has 0 bridgehead atoms. The van der Waals surface area contributed by atoms with Gasteiger partial charge in [-0.3, -0.25) is 9.59 Å². The van der Waals surface area contributed by atoms with Crippen molar-refractivity contribution in [3.63, 3.8) is 0 Å². The lowest BCUT2D eigenvalue weighted by Gasteiger charge is -2.27. The summed E-state index contributed by atoms with van der Waals surface area (Å²) in [5.41, 5.74) is 5.78. The van der Waals surface area contributed by atoms with Crippen molar-refractivity contribution in [1.82, 2.24) is 4.31 Å². The van der Waals surface area contributed by atoms with Gasteiger partial charge in [0.25, 0.3) is 5.91 Å². The molecule has 1 heterocycles. The van der Waals surface area contributed by atoms with Crippen LogP contribution in [0.2, 0.25) is 0 Å². The van der Waals surface area contributed by atoms with Gasteiger partial charge in [-0.2, -0.15) is 4.31 Å². The highest BCUT2D eigenvalue weighted by Crippen LogP contribution is 2.19. The number of benzene rings is 1. The number of carbonyl (C=O) groups is 2. The summed E-state index contributed by atoms with van der Waals surface area (Å²) in [5, 5.41) is 2.78. The van der Waals surface area contributed by atoms with Gasteiger partial charge in [-0.25, -0.2) is 8.42 Å². The number of hydrogen-bond donors (Lipinski definition) is 3. The van der Waals surface area contributed by atoms with E-state index in [-0.39, 0.29) is 29.2 Å². The molecule has 9 heteroatoms. The van der Waals surface area contributed by atoms with Crippen molar-refractivity contribution >= 4 is 27.5 Å². The van der Waals surface area contributed by atoms with Gasteiger partial charge < -0.3 is 16.0 Å². The van der Waals surface area contributed by atoms with Crippen LogP contribution < -0.4 is 16.0 Å². The molecule has 1 aliphatic heterocycles. The lowest BCUT2D eigenvalue weighted by molar-refractivity contribution is -0.897. The average Bonchev–Trinajstić information content (AvgIpc) is 2.63. The number of piperidine rings is 1. The lowest BCUT2D eigenvalue weighted by Crippen LogP contribution is -3.14. The molecular weight excluding hydrogens is 368 g/mol.